The van der Waals surface area contributed by atoms with Crippen molar-refractivity contribution in [1.29, 1.82) is 0 Å². The Balaban J connectivity index is 1.58. The minimum absolute atomic E-state index is 0.0930. The Kier molecular flexibility index (Phi) is 6.03. The number of carbonyl (C=O) groups is 1. The molecule has 4 rings (SSSR count). The van der Waals surface area contributed by atoms with Crippen LogP contribution in [0.15, 0.2) is 47.4 Å². The second-order valence-electron chi connectivity index (χ2n) is 7.02. The molecule has 2 heterocycles. The number of rotatable bonds is 6. The molecule has 0 saturated carbocycles. The molecule has 8 nitrogen and oxygen atoms in total. The Labute approximate surface area is 179 Å². The fraction of sp³-hybridized carbons (Fsp3) is 0.333. The summed E-state index contributed by atoms with van der Waals surface area (Å²) in [6, 6.07) is 9.90. The van der Waals surface area contributed by atoms with Crippen molar-refractivity contribution in [2.75, 3.05) is 26.3 Å². The van der Waals surface area contributed by atoms with Gasteiger partial charge in [0.2, 0.25) is 10.0 Å². The van der Waals surface area contributed by atoms with Crippen LogP contribution in [0.1, 0.15) is 23.1 Å². The van der Waals surface area contributed by atoms with Gasteiger partial charge < -0.3 is 14.0 Å². The standard InChI is InChI=1S/C21H22FN3O5S/c1-2-25-19-8-7-17(31(27,28)24-9-11-29-12-10-24)13-18(19)23-20(25)14-30-21(26)15-3-5-16(22)6-4-15/h3-8,13H,2,9-12,14H2,1H3. The summed E-state index contributed by atoms with van der Waals surface area (Å²) in [5.74, 6) is -0.536. The molecule has 31 heavy (non-hydrogen) atoms. The summed E-state index contributed by atoms with van der Waals surface area (Å²) in [4.78, 5) is 16.9. The van der Waals surface area contributed by atoms with Crippen LogP contribution in [-0.4, -0.2) is 54.5 Å². The van der Waals surface area contributed by atoms with Crippen molar-refractivity contribution in [2.24, 2.45) is 0 Å². The summed E-state index contributed by atoms with van der Waals surface area (Å²) in [6.45, 7) is 3.76. The number of aromatic nitrogens is 2. The first-order valence-corrected chi connectivity index (χ1v) is 11.3. The van der Waals surface area contributed by atoms with Gasteiger partial charge in [-0.1, -0.05) is 0 Å². The van der Waals surface area contributed by atoms with E-state index in [1.54, 1.807) is 12.1 Å². The number of hydrogen-bond donors (Lipinski definition) is 0. The van der Waals surface area contributed by atoms with Gasteiger partial charge in [-0.3, -0.25) is 0 Å². The molecule has 0 atom stereocenters. The maximum absolute atomic E-state index is 13.0. The van der Waals surface area contributed by atoms with Crippen molar-refractivity contribution in [3.8, 4) is 0 Å². The van der Waals surface area contributed by atoms with E-state index in [0.717, 1.165) is 5.52 Å². The second-order valence-corrected chi connectivity index (χ2v) is 8.96. The van der Waals surface area contributed by atoms with Gasteiger partial charge in [0.05, 0.1) is 34.7 Å². The minimum Gasteiger partial charge on any atom is -0.454 e. The Morgan fingerprint density at radius 1 is 1.16 bits per heavy atom. The lowest BCUT2D eigenvalue weighted by Gasteiger charge is -2.26. The zero-order chi connectivity index (χ0) is 22.0. The van der Waals surface area contributed by atoms with Gasteiger partial charge in [0.25, 0.3) is 0 Å². The molecule has 0 amide bonds. The van der Waals surface area contributed by atoms with Gasteiger partial charge in [0, 0.05) is 19.6 Å². The summed E-state index contributed by atoms with van der Waals surface area (Å²) >= 11 is 0. The summed E-state index contributed by atoms with van der Waals surface area (Å²) in [7, 11) is -3.64. The molecular formula is C21H22FN3O5S. The predicted molar refractivity (Wildman–Crippen MR) is 111 cm³/mol. The van der Waals surface area contributed by atoms with E-state index in [-0.39, 0.29) is 17.1 Å². The Hall–Kier alpha value is -2.82. The van der Waals surface area contributed by atoms with Gasteiger partial charge in [0.1, 0.15) is 18.2 Å². The number of nitrogens with zero attached hydrogens (tertiary/aromatic N) is 3. The number of ether oxygens (including phenoxy) is 2. The number of sulfonamides is 1. The SMILES string of the molecule is CCn1c(COC(=O)c2ccc(F)cc2)nc2cc(S(=O)(=O)N3CCOCC3)ccc21. The maximum atomic E-state index is 13.0. The average molecular weight is 447 g/mol. The fourth-order valence-electron chi connectivity index (χ4n) is 3.52. The third kappa shape index (κ3) is 4.32. The van der Waals surface area contributed by atoms with Crippen molar-refractivity contribution in [2.45, 2.75) is 25.0 Å². The molecule has 1 aromatic heterocycles. The van der Waals surface area contributed by atoms with Crippen LogP contribution in [0, 0.1) is 5.82 Å². The highest BCUT2D eigenvalue weighted by atomic mass is 32.2. The third-order valence-electron chi connectivity index (χ3n) is 5.14. The van der Waals surface area contributed by atoms with Gasteiger partial charge in [-0.2, -0.15) is 4.31 Å². The predicted octanol–water partition coefficient (Wildman–Crippen LogP) is 2.57. The normalized spacial score (nSPS) is 15.3. The van der Waals surface area contributed by atoms with Crippen molar-refractivity contribution in [3.63, 3.8) is 0 Å². The molecule has 0 aliphatic carbocycles. The molecule has 0 spiro atoms. The molecule has 0 unspecified atom stereocenters. The molecule has 1 aliphatic heterocycles. The first-order chi connectivity index (χ1) is 14.9. The summed E-state index contributed by atoms with van der Waals surface area (Å²) < 4.78 is 52.7. The molecule has 2 aromatic carbocycles. The van der Waals surface area contributed by atoms with Crippen LogP contribution in [0.4, 0.5) is 4.39 Å². The number of imidazole rings is 1. The van der Waals surface area contributed by atoms with E-state index >= 15 is 0 Å². The number of morpholine rings is 1. The van der Waals surface area contributed by atoms with Crippen LogP contribution in [0.25, 0.3) is 11.0 Å². The average Bonchev–Trinajstić information content (AvgIpc) is 3.15. The van der Waals surface area contributed by atoms with Crippen LogP contribution in [-0.2, 0) is 32.6 Å². The Morgan fingerprint density at radius 3 is 2.55 bits per heavy atom. The van der Waals surface area contributed by atoms with E-state index in [0.29, 0.717) is 44.2 Å². The monoisotopic (exact) mass is 447 g/mol. The van der Waals surface area contributed by atoms with Gasteiger partial charge in [-0.25, -0.2) is 22.6 Å². The first kappa shape index (κ1) is 21.4. The fourth-order valence-corrected chi connectivity index (χ4v) is 4.95. The van der Waals surface area contributed by atoms with Crippen LogP contribution >= 0.6 is 0 Å². The lowest BCUT2D eigenvalue weighted by atomic mass is 10.2. The van der Waals surface area contributed by atoms with Crippen molar-refractivity contribution >= 4 is 27.0 Å². The number of fused-ring (bicyclic) bond motifs is 1. The van der Waals surface area contributed by atoms with Gasteiger partial charge in [-0.05, 0) is 49.4 Å². The van der Waals surface area contributed by atoms with E-state index in [2.05, 4.69) is 4.98 Å². The Bertz CT molecular complexity index is 1200. The highest BCUT2D eigenvalue weighted by Gasteiger charge is 2.27. The van der Waals surface area contributed by atoms with E-state index < -0.39 is 21.8 Å². The number of hydrogen-bond acceptors (Lipinski definition) is 6. The minimum atomic E-state index is -3.64. The topological polar surface area (TPSA) is 90.7 Å². The molecule has 1 saturated heterocycles. The quantitative estimate of drug-likeness (QED) is 0.540. The second kappa shape index (κ2) is 8.74. The largest absolute Gasteiger partial charge is 0.454 e. The summed E-state index contributed by atoms with van der Waals surface area (Å²) in [5.41, 5.74) is 1.49. The van der Waals surface area contributed by atoms with E-state index in [1.165, 1.54) is 34.6 Å². The molecule has 0 N–H and O–H groups in total. The number of benzene rings is 2. The van der Waals surface area contributed by atoms with Crippen molar-refractivity contribution in [1.82, 2.24) is 13.9 Å². The molecule has 3 aromatic rings. The van der Waals surface area contributed by atoms with Gasteiger partial charge in [0.15, 0.2) is 0 Å². The number of aryl methyl sites for hydroxylation is 1. The maximum Gasteiger partial charge on any atom is 0.338 e. The number of halogens is 1. The summed E-state index contributed by atoms with van der Waals surface area (Å²) in [6.07, 6.45) is 0. The molecule has 1 fully saturated rings. The van der Waals surface area contributed by atoms with Gasteiger partial charge in [-0.15, -0.1) is 0 Å². The van der Waals surface area contributed by atoms with Crippen molar-refractivity contribution in [3.05, 3.63) is 59.7 Å². The zero-order valence-electron chi connectivity index (χ0n) is 17.0. The number of esters is 1. The van der Waals surface area contributed by atoms with Crippen molar-refractivity contribution < 1.29 is 27.1 Å². The zero-order valence-corrected chi connectivity index (χ0v) is 17.8. The molecule has 0 radical (unpaired) electrons. The highest BCUT2D eigenvalue weighted by molar-refractivity contribution is 7.89. The number of carbonyl (C=O) groups excluding carboxylic acids is 1. The smallest absolute Gasteiger partial charge is 0.338 e. The third-order valence-corrected chi connectivity index (χ3v) is 7.03. The molecular weight excluding hydrogens is 425 g/mol. The van der Waals surface area contributed by atoms with E-state index in [9.17, 15) is 17.6 Å². The van der Waals surface area contributed by atoms with E-state index in [4.69, 9.17) is 9.47 Å². The van der Waals surface area contributed by atoms with Crippen LogP contribution in [0.2, 0.25) is 0 Å². The lowest BCUT2D eigenvalue weighted by Crippen LogP contribution is -2.40. The Morgan fingerprint density at radius 2 is 1.87 bits per heavy atom. The molecule has 10 heteroatoms. The molecule has 164 valence electrons. The first-order valence-electron chi connectivity index (χ1n) is 9.90. The molecule has 0 bridgehead atoms. The lowest BCUT2D eigenvalue weighted by molar-refractivity contribution is 0.0458. The highest BCUT2D eigenvalue weighted by Crippen LogP contribution is 2.24. The molecule has 1 aliphatic rings. The van der Waals surface area contributed by atoms with Crippen LogP contribution in [0.3, 0.4) is 0 Å². The van der Waals surface area contributed by atoms with Crippen LogP contribution < -0.4 is 0 Å². The van der Waals surface area contributed by atoms with E-state index in [1.807, 2.05) is 11.5 Å². The van der Waals surface area contributed by atoms with Gasteiger partial charge >= 0.3 is 5.97 Å². The summed E-state index contributed by atoms with van der Waals surface area (Å²) in [5, 5.41) is 0. The van der Waals surface area contributed by atoms with Crippen LogP contribution in [0.5, 0.6) is 0 Å².